The third kappa shape index (κ3) is 38.7. The van der Waals surface area contributed by atoms with Gasteiger partial charge in [0.25, 0.3) is 0 Å². The highest BCUT2D eigenvalue weighted by atomic mass is 16.6. The number of ether oxygens (including phenoxy) is 12. The minimum absolute atomic E-state index is 0.232. The minimum Gasteiger partial charge on any atom is -0.491 e. The van der Waals surface area contributed by atoms with E-state index in [4.69, 9.17) is 56.8 Å². The molecule has 0 heterocycles. The third-order valence-corrected chi connectivity index (χ3v) is 7.71. The third-order valence-electron chi connectivity index (χ3n) is 7.71. The van der Waals surface area contributed by atoms with Crippen LogP contribution in [0.25, 0.3) is 0 Å². The van der Waals surface area contributed by atoms with Gasteiger partial charge in [0.05, 0.1) is 139 Å². The van der Waals surface area contributed by atoms with Crippen LogP contribution in [-0.2, 0) is 63.3 Å². The van der Waals surface area contributed by atoms with Crippen molar-refractivity contribution < 1.29 is 61.6 Å². The van der Waals surface area contributed by atoms with Crippen molar-refractivity contribution in [1.29, 1.82) is 0 Å². The number of hydrogen-bond donors (Lipinski definition) is 0. The Labute approximate surface area is 332 Å². The standard InChI is InChI=1S/C42H76O13/c1-5-6-7-8-9-10-11-12-39-13-15-40(16-14-39)54-38-37-53-36-35-52-34-33-51-32-31-50-30-29-49-28-27-48-26-25-47-24-23-46-22-21-45-20-19-44-18-17-41(43)55-42(2,3)4/h13-16H,5-12,17-38H2,1-4H3. The van der Waals surface area contributed by atoms with Crippen LogP contribution >= 0.6 is 0 Å². The zero-order chi connectivity index (χ0) is 39.8. The van der Waals surface area contributed by atoms with E-state index in [2.05, 4.69) is 31.2 Å². The molecule has 1 rings (SSSR count). The summed E-state index contributed by atoms with van der Waals surface area (Å²) in [7, 11) is 0. The van der Waals surface area contributed by atoms with Gasteiger partial charge in [0.2, 0.25) is 0 Å². The van der Waals surface area contributed by atoms with Gasteiger partial charge in [-0.05, 0) is 51.3 Å². The van der Waals surface area contributed by atoms with Gasteiger partial charge in [0.1, 0.15) is 18.0 Å². The first-order chi connectivity index (χ1) is 26.9. The molecule has 0 N–H and O–H groups in total. The molecule has 0 fully saturated rings. The summed E-state index contributed by atoms with van der Waals surface area (Å²) in [5.74, 6) is 0.620. The molecular weight excluding hydrogens is 712 g/mol. The first-order valence-electron chi connectivity index (χ1n) is 20.6. The van der Waals surface area contributed by atoms with Gasteiger partial charge in [0.15, 0.2) is 0 Å². The van der Waals surface area contributed by atoms with Gasteiger partial charge in [-0.15, -0.1) is 0 Å². The van der Waals surface area contributed by atoms with Crippen molar-refractivity contribution in [3.63, 3.8) is 0 Å². The fraction of sp³-hybridized carbons (Fsp3) is 0.833. The molecule has 1 aromatic carbocycles. The molecule has 13 nitrogen and oxygen atoms in total. The molecule has 322 valence electrons. The lowest BCUT2D eigenvalue weighted by Crippen LogP contribution is -2.24. The Morgan fingerprint density at radius 3 is 1.13 bits per heavy atom. The van der Waals surface area contributed by atoms with Crippen molar-refractivity contribution in [2.24, 2.45) is 0 Å². The molecule has 0 atom stereocenters. The monoisotopic (exact) mass is 789 g/mol. The molecule has 0 spiro atoms. The Morgan fingerprint density at radius 2 is 0.764 bits per heavy atom. The molecule has 55 heavy (non-hydrogen) atoms. The maximum Gasteiger partial charge on any atom is 0.308 e. The van der Waals surface area contributed by atoms with Gasteiger partial charge in [-0.25, -0.2) is 0 Å². The summed E-state index contributed by atoms with van der Waals surface area (Å²) >= 11 is 0. The summed E-state index contributed by atoms with van der Waals surface area (Å²) in [5.41, 5.74) is 0.903. The maximum absolute atomic E-state index is 11.6. The number of unbranched alkanes of at least 4 members (excludes halogenated alkanes) is 6. The molecule has 0 aromatic heterocycles. The van der Waals surface area contributed by atoms with E-state index in [-0.39, 0.29) is 12.4 Å². The molecule has 0 amide bonds. The van der Waals surface area contributed by atoms with Crippen molar-refractivity contribution >= 4 is 5.97 Å². The predicted octanol–water partition coefficient (Wildman–Crippen LogP) is 6.26. The number of esters is 1. The highest BCUT2D eigenvalue weighted by Crippen LogP contribution is 2.15. The Kier molecular flexibility index (Phi) is 36.2. The van der Waals surface area contributed by atoms with E-state index in [0.29, 0.717) is 139 Å². The van der Waals surface area contributed by atoms with E-state index in [9.17, 15) is 4.79 Å². The zero-order valence-corrected chi connectivity index (χ0v) is 34.8. The summed E-state index contributed by atoms with van der Waals surface area (Å²) in [6, 6.07) is 8.44. The van der Waals surface area contributed by atoms with Gasteiger partial charge < -0.3 is 56.8 Å². The molecule has 0 bridgehead atoms. The van der Waals surface area contributed by atoms with Crippen LogP contribution in [0.2, 0.25) is 0 Å². The normalized spacial score (nSPS) is 11.7. The molecule has 0 aliphatic rings. The second-order valence-corrected chi connectivity index (χ2v) is 13.8. The SMILES string of the molecule is CCCCCCCCCc1ccc(OCCOCCOCCOCCOCCOCCOCCOCCOCCOCCOCCC(=O)OC(C)(C)C)cc1. The molecule has 0 saturated heterocycles. The van der Waals surface area contributed by atoms with E-state index in [0.717, 1.165) is 12.2 Å². The van der Waals surface area contributed by atoms with Crippen LogP contribution in [0, 0.1) is 0 Å². The summed E-state index contributed by atoms with van der Waals surface area (Å²) < 4.78 is 66.0. The van der Waals surface area contributed by atoms with Crippen molar-refractivity contribution in [2.45, 2.75) is 91.1 Å². The Balaban J connectivity index is 1.69. The quantitative estimate of drug-likeness (QED) is 0.0547. The Morgan fingerprint density at radius 1 is 0.436 bits per heavy atom. The average Bonchev–Trinajstić information content (AvgIpc) is 3.16. The van der Waals surface area contributed by atoms with Crippen LogP contribution in [0.4, 0.5) is 0 Å². The molecule has 0 saturated carbocycles. The van der Waals surface area contributed by atoms with Gasteiger partial charge in [0, 0.05) is 0 Å². The van der Waals surface area contributed by atoms with Crippen LogP contribution in [0.5, 0.6) is 5.75 Å². The lowest BCUT2D eigenvalue weighted by Gasteiger charge is -2.19. The Hall–Kier alpha value is -1.91. The maximum atomic E-state index is 11.6. The number of carbonyl (C=O) groups excluding carboxylic acids is 1. The van der Waals surface area contributed by atoms with Crippen LogP contribution in [0.15, 0.2) is 24.3 Å². The molecular formula is C42H76O13. The second kappa shape index (κ2) is 38.9. The lowest BCUT2D eigenvalue weighted by atomic mass is 10.0. The van der Waals surface area contributed by atoms with Gasteiger partial charge in [-0.2, -0.15) is 0 Å². The van der Waals surface area contributed by atoms with E-state index >= 15 is 0 Å². The smallest absolute Gasteiger partial charge is 0.308 e. The molecule has 0 aliphatic carbocycles. The summed E-state index contributed by atoms with van der Waals surface area (Å²) in [6.45, 7) is 18.0. The number of hydrogen-bond acceptors (Lipinski definition) is 13. The van der Waals surface area contributed by atoms with Gasteiger partial charge >= 0.3 is 5.97 Å². The average molecular weight is 789 g/mol. The van der Waals surface area contributed by atoms with Crippen molar-refractivity contribution in [1.82, 2.24) is 0 Å². The summed E-state index contributed by atoms with van der Waals surface area (Å²) in [5, 5.41) is 0. The van der Waals surface area contributed by atoms with Gasteiger partial charge in [-0.1, -0.05) is 57.6 Å². The minimum atomic E-state index is -0.474. The first-order valence-corrected chi connectivity index (χ1v) is 20.6. The first kappa shape index (κ1) is 51.1. The predicted molar refractivity (Wildman–Crippen MR) is 212 cm³/mol. The Bertz CT molecular complexity index is 942. The van der Waals surface area contributed by atoms with E-state index in [1.54, 1.807) is 0 Å². The van der Waals surface area contributed by atoms with Crippen molar-refractivity contribution in [2.75, 3.05) is 139 Å². The molecule has 0 unspecified atom stereocenters. The molecule has 0 aliphatic heterocycles. The highest BCUT2D eigenvalue weighted by Gasteiger charge is 2.15. The van der Waals surface area contributed by atoms with Gasteiger partial charge in [-0.3, -0.25) is 4.79 Å². The molecule has 1 aromatic rings. The fourth-order valence-electron chi connectivity index (χ4n) is 4.89. The van der Waals surface area contributed by atoms with Crippen LogP contribution in [0.3, 0.4) is 0 Å². The number of carbonyl (C=O) groups is 1. The van der Waals surface area contributed by atoms with E-state index < -0.39 is 5.60 Å². The summed E-state index contributed by atoms with van der Waals surface area (Å²) in [6.07, 6.45) is 10.7. The van der Waals surface area contributed by atoms with Crippen molar-refractivity contribution in [3.05, 3.63) is 29.8 Å². The zero-order valence-electron chi connectivity index (χ0n) is 34.8. The molecule has 0 radical (unpaired) electrons. The number of aryl methyl sites for hydroxylation is 1. The molecule has 13 heteroatoms. The number of rotatable bonds is 42. The largest absolute Gasteiger partial charge is 0.491 e. The van der Waals surface area contributed by atoms with E-state index in [1.165, 1.54) is 50.5 Å². The second-order valence-electron chi connectivity index (χ2n) is 13.8. The lowest BCUT2D eigenvalue weighted by molar-refractivity contribution is -0.156. The van der Waals surface area contributed by atoms with Crippen LogP contribution in [0.1, 0.15) is 84.6 Å². The fourth-order valence-corrected chi connectivity index (χ4v) is 4.89. The van der Waals surface area contributed by atoms with E-state index in [1.807, 2.05) is 20.8 Å². The number of benzene rings is 1. The summed E-state index contributed by atoms with van der Waals surface area (Å²) in [4.78, 5) is 11.6. The van der Waals surface area contributed by atoms with Crippen molar-refractivity contribution in [3.8, 4) is 5.75 Å². The topological polar surface area (TPSA) is 128 Å². The highest BCUT2D eigenvalue weighted by molar-refractivity contribution is 5.69. The van der Waals surface area contributed by atoms with Crippen LogP contribution in [-0.4, -0.2) is 150 Å². The van der Waals surface area contributed by atoms with Crippen LogP contribution < -0.4 is 4.74 Å².